The van der Waals surface area contributed by atoms with E-state index < -0.39 is 0 Å². The van der Waals surface area contributed by atoms with Gasteiger partial charge in [-0.25, -0.2) is 4.98 Å². The van der Waals surface area contributed by atoms with Crippen LogP contribution in [0.4, 0.5) is 0 Å². The molecule has 124 valence electrons. The van der Waals surface area contributed by atoms with Crippen molar-refractivity contribution in [1.29, 1.82) is 0 Å². The lowest BCUT2D eigenvalue weighted by Crippen LogP contribution is -2.02. The smallest absolute Gasteiger partial charge is 0.129 e. The predicted molar refractivity (Wildman–Crippen MR) is 101 cm³/mol. The van der Waals surface area contributed by atoms with Crippen LogP contribution in [0.25, 0.3) is 11.3 Å². The lowest BCUT2D eigenvalue weighted by Gasteiger charge is -2.12. The Labute approximate surface area is 151 Å². The van der Waals surface area contributed by atoms with Gasteiger partial charge >= 0.3 is 0 Å². The van der Waals surface area contributed by atoms with E-state index in [0.717, 1.165) is 39.6 Å². The van der Waals surface area contributed by atoms with Gasteiger partial charge in [0.2, 0.25) is 0 Å². The van der Waals surface area contributed by atoms with E-state index in [1.807, 2.05) is 54.8 Å². The highest BCUT2D eigenvalue weighted by molar-refractivity contribution is 7.09. The summed E-state index contributed by atoms with van der Waals surface area (Å²) >= 11 is 7.93. The summed E-state index contributed by atoms with van der Waals surface area (Å²) in [6.07, 6.45) is 0.782. The SMILES string of the molecule is Cc1cc(OCc2ccccc2)c(-c2csc(CCN)n2)cc1Cl. The van der Waals surface area contributed by atoms with Crippen LogP contribution in [0.5, 0.6) is 5.75 Å². The second-order valence-electron chi connectivity index (χ2n) is 5.54. The van der Waals surface area contributed by atoms with Crippen molar-refractivity contribution in [2.45, 2.75) is 20.0 Å². The van der Waals surface area contributed by atoms with Gasteiger partial charge in [0.05, 0.1) is 10.7 Å². The van der Waals surface area contributed by atoms with E-state index in [1.54, 1.807) is 11.3 Å². The molecule has 0 bridgehead atoms. The zero-order valence-corrected chi connectivity index (χ0v) is 15.0. The fourth-order valence-corrected chi connectivity index (χ4v) is 3.36. The molecular formula is C19H19ClN2OS. The maximum atomic E-state index is 6.32. The standard InChI is InChI=1S/C19H19ClN2OS/c1-13-9-18(23-11-14-5-3-2-4-6-14)15(10-16(13)20)17-12-24-19(22-17)7-8-21/h2-6,9-10,12H,7-8,11,21H2,1H3. The Hall–Kier alpha value is -1.88. The summed E-state index contributed by atoms with van der Waals surface area (Å²) in [6.45, 7) is 3.08. The van der Waals surface area contributed by atoms with Crippen LogP contribution in [0.3, 0.4) is 0 Å². The highest BCUT2D eigenvalue weighted by atomic mass is 35.5. The molecule has 0 aliphatic rings. The van der Waals surface area contributed by atoms with Crippen LogP contribution in [0.2, 0.25) is 5.02 Å². The molecule has 0 spiro atoms. The third kappa shape index (κ3) is 3.96. The second kappa shape index (κ2) is 7.79. The highest BCUT2D eigenvalue weighted by Crippen LogP contribution is 2.35. The third-order valence-electron chi connectivity index (χ3n) is 3.68. The maximum Gasteiger partial charge on any atom is 0.129 e. The van der Waals surface area contributed by atoms with E-state index in [1.165, 1.54) is 0 Å². The van der Waals surface area contributed by atoms with Crippen molar-refractivity contribution in [1.82, 2.24) is 4.98 Å². The molecular weight excluding hydrogens is 340 g/mol. The van der Waals surface area contributed by atoms with Crippen molar-refractivity contribution in [3.63, 3.8) is 0 Å². The number of benzene rings is 2. The summed E-state index contributed by atoms with van der Waals surface area (Å²) in [5.74, 6) is 0.797. The van der Waals surface area contributed by atoms with Crippen molar-refractivity contribution < 1.29 is 4.74 Å². The molecule has 3 aromatic rings. The Kier molecular flexibility index (Phi) is 5.51. The first-order valence-corrected chi connectivity index (χ1v) is 9.05. The lowest BCUT2D eigenvalue weighted by molar-refractivity contribution is 0.307. The monoisotopic (exact) mass is 358 g/mol. The molecule has 5 heteroatoms. The summed E-state index contributed by atoms with van der Waals surface area (Å²) in [6, 6.07) is 14.0. The van der Waals surface area contributed by atoms with E-state index in [4.69, 9.17) is 22.1 Å². The number of thiazole rings is 1. The zero-order chi connectivity index (χ0) is 16.9. The molecule has 0 aliphatic carbocycles. The van der Waals surface area contributed by atoms with Crippen molar-refractivity contribution in [3.05, 3.63) is 69.0 Å². The maximum absolute atomic E-state index is 6.32. The van der Waals surface area contributed by atoms with E-state index in [2.05, 4.69) is 4.98 Å². The van der Waals surface area contributed by atoms with Crippen LogP contribution in [-0.4, -0.2) is 11.5 Å². The van der Waals surface area contributed by atoms with Gasteiger partial charge in [0, 0.05) is 22.4 Å². The lowest BCUT2D eigenvalue weighted by atomic mass is 10.1. The molecule has 0 amide bonds. The Morgan fingerprint density at radius 1 is 1.21 bits per heavy atom. The molecule has 0 aliphatic heterocycles. The number of hydrogen-bond acceptors (Lipinski definition) is 4. The zero-order valence-electron chi connectivity index (χ0n) is 13.5. The molecule has 1 heterocycles. The van der Waals surface area contributed by atoms with Crippen LogP contribution in [0, 0.1) is 6.92 Å². The first kappa shape index (κ1) is 17.0. The van der Waals surface area contributed by atoms with Crippen LogP contribution >= 0.6 is 22.9 Å². The normalized spacial score (nSPS) is 10.8. The number of aryl methyl sites for hydroxylation is 1. The number of nitrogens with two attached hydrogens (primary N) is 1. The molecule has 0 atom stereocenters. The molecule has 2 aromatic carbocycles. The van der Waals surface area contributed by atoms with Gasteiger partial charge in [0.15, 0.2) is 0 Å². The number of nitrogens with zero attached hydrogens (tertiary/aromatic N) is 1. The Morgan fingerprint density at radius 3 is 2.75 bits per heavy atom. The van der Waals surface area contributed by atoms with E-state index in [-0.39, 0.29) is 0 Å². The molecule has 1 aromatic heterocycles. The largest absolute Gasteiger partial charge is 0.488 e. The third-order valence-corrected chi connectivity index (χ3v) is 5.00. The van der Waals surface area contributed by atoms with E-state index >= 15 is 0 Å². The second-order valence-corrected chi connectivity index (χ2v) is 6.89. The van der Waals surface area contributed by atoms with E-state index in [9.17, 15) is 0 Å². The summed E-state index contributed by atoms with van der Waals surface area (Å²) < 4.78 is 6.06. The minimum absolute atomic E-state index is 0.509. The number of ether oxygens (including phenoxy) is 1. The number of hydrogen-bond donors (Lipinski definition) is 1. The van der Waals surface area contributed by atoms with Gasteiger partial charge in [-0.3, -0.25) is 0 Å². The number of aromatic nitrogens is 1. The molecule has 0 unspecified atom stereocenters. The van der Waals surface area contributed by atoms with Crippen LogP contribution in [0.15, 0.2) is 47.8 Å². The van der Waals surface area contributed by atoms with Crippen molar-refractivity contribution >= 4 is 22.9 Å². The Morgan fingerprint density at radius 2 is 2.00 bits per heavy atom. The van der Waals surface area contributed by atoms with E-state index in [0.29, 0.717) is 18.2 Å². The average molecular weight is 359 g/mol. The van der Waals surface area contributed by atoms with Gasteiger partial charge in [-0.05, 0) is 36.7 Å². The Bertz CT molecular complexity index is 817. The summed E-state index contributed by atoms with van der Waals surface area (Å²) in [5.41, 5.74) is 9.53. The summed E-state index contributed by atoms with van der Waals surface area (Å²) in [5, 5.41) is 3.77. The fourth-order valence-electron chi connectivity index (χ4n) is 2.38. The number of rotatable bonds is 6. The highest BCUT2D eigenvalue weighted by Gasteiger charge is 2.13. The molecule has 0 saturated carbocycles. The van der Waals surface area contributed by atoms with Crippen LogP contribution in [-0.2, 0) is 13.0 Å². The Balaban J connectivity index is 1.90. The molecule has 0 radical (unpaired) electrons. The molecule has 2 N–H and O–H groups in total. The first-order chi connectivity index (χ1) is 11.7. The molecule has 3 rings (SSSR count). The molecule has 0 saturated heterocycles. The minimum Gasteiger partial charge on any atom is -0.488 e. The van der Waals surface area contributed by atoms with Gasteiger partial charge in [-0.2, -0.15) is 0 Å². The fraction of sp³-hybridized carbons (Fsp3) is 0.211. The molecule has 3 nitrogen and oxygen atoms in total. The van der Waals surface area contributed by atoms with Gasteiger partial charge in [0.1, 0.15) is 12.4 Å². The van der Waals surface area contributed by atoms with Crippen molar-refractivity contribution in [2.24, 2.45) is 5.73 Å². The molecule has 24 heavy (non-hydrogen) atoms. The van der Waals surface area contributed by atoms with Gasteiger partial charge < -0.3 is 10.5 Å². The van der Waals surface area contributed by atoms with Gasteiger partial charge in [-0.1, -0.05) is 41.9 Å². The summed E-state index contributed by atoms with van der Waals surface area (Å²) in [4.78, 5) is 4.66. The first-order valence-electron chi connectivity index (χ1n) is 7.79. The average Bonchev–Trinajstić information content (AvgIpc) is 3.05. The topological polar surface area (TPSA) is 48.1 Å². The van der Waals surface area contributed by atoms with Gasteiger partial charge in [0.25, 0.3) is 0 Å². The quantitative estimate of drug-likeness (QED) is 0.685. The van der Waals surface area contributed by atoms with Crippen molar-refractivity contribution in [3.8, 4) is 17.0 Å². The van der Waals surface area contributed by atoms with Crippen molar-refractivity contribution in [2.75, 3.05) is 6.54 Å². The molecule has 0 fully saturated rings. The van der Waals surface area contributed by atoms with Crippen LogP contribution in [0.1, 0.15) is 16.1 Å². The number of halogens is 1. The predicted octanol–water partition coefficient (Wildman–Crippen LogP) is 4.85. The summed E-state index contributed by atoms with van der Waals surface area (Å²) in [7, 11) is 0. The minimum atomic E-state index is 0.509. The van der Waals surface area contributed by atoms with Crippen LogP contribution < -0.4 is 10.5 Å². The van der Waals surface area contributed by atoms with Gasteiger partial charge in [-0.15, -0.1) is 11.3 Å².